The van der Waals surface area contributed by atoms with E-state index in [9.17, 15) is 25.2 Å². The molecule has 2 unspecified atom stereocenters. The Morgan fingerprint density at radius 1 is 1.22 bits per heavy atom. The lowest BCUT2D eigenvalue weighted by molar-refractivity contribution is -0.282. The van der Waals surface area contributed by atoms with Crippen LogP contribution in [-0.4, -0.2) is 127 Å². The molecule has 0 aromatic rings. The summed E-state index contributed by atoms with van der Waals surface area (Å²) >= 11 is 0. The second-order valence-corrected chi connectivity index (χ2v) is 11.8. The molecule has 1 amide bonds. The first-order valence-corrected chi connectivity index (χ1v) is 14.8. The maximum atomic E-state index is 12.9. The van der Waals surface area contributed by atoms with E-state index in [1.165, 1.54) is 0 Å². The van der Waals surface area contributed by atoms with E-state index in [0.717, 1.165) is 0 Å². The minimum absolute atomic E-state index is 0.150. The lowest BCUT2D eigenvalue weighted by Crippen LogP contribution is -2.67. The van der Waals surface area contributed by atoms with Crippen LogP contribution in [0.15, 0.2) is 11.8 Å². The molecule has 236 valence electrons. The van der Waals surface area contributed by atoms with Crippen molar-refractivity contribution < 1.29 is 44.2 Å². The van der Waals surface area contributed by atoms with Gasteiger partial charge in [-0.05, 0) is 44.2 Å². The second-order valence-electron chi connectivity index (χ2n) is 11.8. The van der Waals surface area contributed by atoms with Crippen molar-refractivity contribution in [2.24, 2.45) is 23.3 Å². The van der Waals surface area contributed by atoms with Crippen molar-refractivity contribution >= 4 is 5.91 Å². The van der Waals surface area contributed by atoms with Crippen molar-refractivity contribution in [3.63, 3.8) is 0 Å². The molecule has 4 aliphatic rings. The van der Waals surface area contributed by atoms with Gasteiger partial charge in [0.1, 0.15) is 36.3 Å². The SMILES string of the molecule is C[C@@H]1CO[C@H](O[C@@H]2[C@@H](O)[C@H](O[C@@H]3CCC=C(CNCC(O)CCN)O3)[C@@H](N)C[C@H]2NC(=O)C(O)C2CNC2)[C@H](O)C1. The first-order chi connectivity index (χ1) is 19.7. The third-order valence-corrected chi connectivity index (χ3v) is 8.21. The zero-order valence-electron chi connectivity index (χ0n) is 23.8. The standard InChI is InChI=1S/C27H49N5O9/c1-14-7-20(34)27(38-13-14)41-25-19(32-26(37)22(35)15-9-30-10-15)8-18(29)24(23(25)36)40-21-4-2-3-17(39-21)12-31-11-16(33)5-6-28/h3,14-16,18-25,27,30-31,33-36H,2,4-13,28-29H2,1H3,(H,32,37)/t14-,16?,18-,19+,20+,21+,22?,23-,24+,25-,27+/m0/s1. The highest BCUT2D eigenvalue weighted by molar-refractivity contribution is 5.81. The van der Waals surface area contributed by atoms with Crippen LogP contribution in [0, 0.1) is 11.8 Å². The van der Waals surface area contributed by atoms with Crippen LogP contribution in [0.3, 0.4) is 0 Å². The zero-order valence-corrected chi connectivity index (χ0v) is 23.8. The molecule has 3 heterocycles. The maximum absolute atomic E-state index is 12.9. The summed E-state index contributed by atoms with van der Waals surface area (Å²) in [6, 6.07) is -1.44. The van der Waals surface area contributed by atoms with Crippen molar-refractivity contribution in [1.82, 2.24) is 16.0 Å². The molecular weight excluding hydrogens is 538 g/mol. The van der Waals surface area contributed by atoms with E-state index in [1.807, 2.05) is 13.0 Å². The second kappa shape index (κ2) is 15.3. The summed E-state index contributed by atoms with van der Waals surface area (Å²) in [7, 11) is 0. The van der Waals surface area contributed by atoms with Crippen LogP contribution in [0.4, 0.5) is 0 Å². The number of carbonyl (C=O) groups excluding carboxylic acids is 1. The smallest absolute Gasteiger partial charge is 0.249 e. The molecule has 3 fully saturated rings. The highest BCUT2D eigenvalue weighted by atomic mass is 16.7. The summed E-state index contributed by atoms with van der Waals surface area (Å²) in [5, 5.41) is 51.4. The molecule has 3 aliphatic heterocycles. The Labute approximate surface area is 241 Å². The van der Waals surface area contributed by atoms with Gasteiger partial charge in [0.05, 0.1) is 25.3 Å². The fourth-order valence-electron chi connectivity index (χ4n) is 5.70. The first-order valence-electron chi connectivity index (χ1n) is 14.8. The van der Waals surface area contributed by atoms with Gasteiger partial charge in [-0.3, -0.25) is 4.79 Å². The minimum Gasteiger partial charge on any atom is -0.468 e. The number of hydrogen-bond acceptors (Lipinski definition) is 13. The molecule has 0 aromatic carbocycles. The Kier molecular flexibility index (Phi) is 12.2. The molecule has 11 N–H and O–H groups in total. The lowest BCUT2D eigenvalue weighted by atomic mass is 9.83. The third-order valence-electron chi connectivity index (χ3n) is 8.21. The number of rotatable bonds is 13. The molecular formula is C27H49N5O9. The predicted octanol–water partition coefficient (Wildman–Crippen LogP) is -3.02. The van der Waals surface area contributed by atoms with Gasteiger partial charge in [0.2, 0.25) is 5.91 Å². The van der Waals surface area contributed by atoms with E-state index in [2.05, 4.69) is 16.0 Å². The molecule has 0 spiro atoms. The molecule has 41 heavy (non-hydrogen) atoms. The molecule has 2 saturated heterocycles. The van der Waals surface area contributed by atoms with Crippen molar-refractivity contribution in [1.29, 1.82) is 0 Å². The van der Waals surface area contributed by atoms with E-state index >= 15 is 0 Å². The van der Waals surface area contributed by atoms with E-state index < -0.39 is 67.2 Å². The Morgan fingerprint density at radius 3 is 2.68 bits per heavy atom. The lowest BCUT2D eigenvalue weighted by Gasteiger charge is -2.46. The number of amides is 1. The molecule has 1 aliphatic carbocycles. The van der Waals surface area contributed by atoms with Gasteiger partial charge >= 0.3 is 0 Å². The number of aliphatic hydroxyl groups excluding tert-OH is 4. The molecule has 0 radical (unpaired) electrons. The van der Waals surface area contributed by atoms with Crippen LogP contribution >= 0.6 is 0 Å². The molecule has 0 bridgehead atoms. The predicted molar refractivity (Wildman–Crippen MR) is 147 cm³/mol. The number of nitrogens with two attached hydrogens (primary N) is 2. The Balaban J connectivity index is 1.39. The number of hydrogen-bond donors (Lipinski definition) is 9. The van der Waals surface area contributed by atoms with Gasteiger partial charge in [0.25, 0.3) is 0 Å². The van der Waals surface area contributed by atoms with E-state index in [0.29, 0.717) is 70.8 Å². The average Bonchev–Trinajstić information content (AvgIpc) is 2.89. The van der Waals surface area contributed by atoms with Crippen LogP contribution in [-0.2, 0) is 23.7 Å². The fourth-order valence-corrected chi connectivity index (χ4v) is 5.70. The summed E-state index contributed by atoms with van der Waals surface area (Å²) in [6.45, 7) is 4.61. The van der Waals surface area contributed by atoms with Gasteiger partial charge in [-0.2, -0.15) is 0 Å². The first kappa shape index (κ1) is 32.5. The quantitative estimate of drug-likeness (QED) is 0.105. The molecule has 4 rings (SSSR count). The van der Waals surface area contributed by atoms with Crippen LogP contribution in [0.2, 0.25) is 0 Å². The third kappa shape index (κ3) is 8.80. The Hall–Kier alpha value is -1.43. The molecule has 1 saturated carbocycles. The monoisotopic (exact) mass is 587 g/mol. The topological polar surface area (TPSA) is 223 Å². The summed E-state index contributed by atoms with van der Waals surface area (Å²) < 4.78 is 24.0. The largest absolute Gasteiger partial charge is 0.468 e. The summed E-state index contributed by atoms with van der Waals surface area (Å²) in [5.74, 6) is 0.0469. The van der Waals surface area contributed by atoms with E-state index in [-0.39, 0.29) is 18.3 Å². The van der Waals surface area contributed by atoms with Crippen LogP contribution < -0.4 is 27.4 Å². The van der Waals surface area contributed by atoms with E-state index in [1.54, 1.807) is 0 Å². The van der Waals surface area contributed by atoms with Crippen molar-refractivity contribution in [2.75, 3.05) is 39.3 Å². The normalized spacial score (nSPS) is 37.8. The van der Waals surface area contributed by atoms with Gasteiger partial charge in [-0.1, -0.05) is 6.92 Å². The van der Waals surface area contributed by atoms with E-state index in [4.69, 9.17) is 30.4 Å². The van der Waals surface area contributed by atoms with Crippen LogP contribution in [0.25, 0.3) is 0 Å². The number of allylic oxidation sites excluding steroid dienone is 1. The van der Waals surface area contributed by atoms with Gasteiger partial charge in [0.15, 0.2) is 12.6 Å². The number of carbonyl (C=O) groups is 1. The van der Waals surface area contributed by atoms with Crippen LogP contribution in [0.5, 0.6) is 0 Å². The van der Waals surface area contributed by atoms with Crippen molar-refractivity contribution in [3.8, 4) is 0 Å². The fraction of sp³-hybridized carbons (Fsp3) is 0.889. The molecule has 14 heteroatoms. The summed E-state index contributed by atoms with van der Waals surface area (Å²) in [4.78, 5) is 12.9. The van der Waals surface area contributed by atoms with Crippen LogP contribution in [0.1, 0.15) is 39.0 Å². The van der Waals surface area contributed by atoms with Gasteiger partial charge in [-0.15, -0.1) is 0 Å². The Bertz CT molecular complexity index is 865. The van der Waals surface area contributed by atoms with Gasteiger partial charge in [-0.25, -0.2) is 0 Å². The van der Waals surface area contributed by atoms with Gasteiger partial charge < -0.3 is 66.8 Å². The highest BCUT2D eigenvalue weighted by Crippen LogP contribution is 2.31. The molecule has 14 nitrogen and oxygen atoms in total. The zero-order chi connectivity index (χ0) is 29.5. The van der Waals surface area contributed by atoms with Gasteiger partial charge in [0, 0.05) is 38.0 Å². The highest BCUT2D eigenvalue weighted by Gasteiger charge is 2.49. The number of nitrogens with one attached hydrogen (secondary N) is 3. The average molecular weight is 588 g/mol. The van der Waals surface area contributed by atoms with Crippen molar-refractivity contribution in [2.45, 2.75) is 100 Å². The summed E-state index contributed by atoms with van der Waals surface area (Å²) in [5.41, 5.74) is 12.0. The molecule has 11 atom stereocenters. The molecule has 0 aromatic heterocycles. The summed E-state index contributed by atoms with van der Waals surface area (Å²) in [6.07, 6.45) is -3.17. The Morgan fingerprint density at radius 2 is 2.00 bits per heavy atom. The number of aliphatic hydroxyl groups is 4. The maximum Gasteiger partial charge on any atom is 0.249 e. The van der Waals surface area contributed by atoms with Crippen molar-refractivity contribution in [3.05, 3.63) is 11.8 Å². The minimum atomic E-state index is -1.29. The number of ether oxygens (including phenoxy) is 4.